The van der Waals surface area contributed by atoms with Gasteiger partial charge in [0.05, 0.1) is 22.3 Å². The van der Waals surface area contributed by atoms with Gasteiger partial charge in [-0.2, -0.15) is 0 Å². The van der Waals surface area contributed by atoms with E-state index < -0.39 is 0 Å². The Morgan fingerprint density at radius 1 is 1.29 bits per heavy atom. The number of nitrogens with one attached hydrogen (secondary N) is 1. The molecule has 7 heteroatoms. The lowest BCUT2D eigenvalue weighted by Gasteiger charge is -2.29. The Morgan fingerprint density at radius 3 is 2.58 bits per heavy atom. The van der Waals surface area contributed by atoms with Crippen LogP contribution in [0, 0.1) is 12.7 Å². The smallest absolute Gasteiger partial charge is 0.253 e. The van der Waals surface area contributed by atoms with Crippen LogP contribution < -0.4 is 11.1 Å². The molecule has 4 nitrogen and oxygen atoms in total. The molecule has 0 radical (unpaired) electrons. The third kappa shape index (κ3) is 3.97. The van der Waals surface area contributed by atoms with Crippen molar-refractivity contribution in [1.82, 2.24) is 10.3 Å². The predicted molar refractivity (Wildman–Crippen MR) is 98.7 cm³/mol. The SMILES string of the molecule is Cc1nc2cc(F)ccc2cc1C(=O)NC1(CN)CCCC1.Cl.Cl. The van der Waals surface area contributed by atoms with Crippen LogP contribution in [0.15, 0.2) is 24.3 Å². The number of nitrogens with zero attached hydrogens (tertiary/aromatic N) is 1. The van der Waals surface area contributed by atoms with Crippen molar-refractivity contribution < 1.29 is 9.18 Å². The van der Waals surface area contributed by atoms with Crippen LogP contribution in [0.4, 0.5) is 4.39 Å². The molecular weight excluding hydrogens is 352 g/mol. The number of carbonyl (C=O) groups is 1. The van der Waals surface area contributed by atoms with E-state index in [-0.39, 0.29) is 42.1 Å². The molecule has 1 heterocycles. The van der Waals surface area contributed by atoms with E-state index in [1.165, 1.54) is 12.1 Å². The first-order chi connectivity index (χ1) is 10.5. The van der Waals surface area contributed by atoms with Crippen LogP contribution in [0.1, 0.15) is 41.7 Å². The number of halogens is 3. The zero-order chi connectivity index (χ0) is 15.7. The molecule has 1 aromatic carbocycles. The van der Waals surface area contributed by atoms with E-state index in [0.717, 1.165) is 31.1 Å². The topological polar surface area (TPSA) is 68.0 Å². The standard InChI is InChI=1S/C17H20FN3O.2ClH/c1-11-14(8-12-4-5-13(18)9-15(12)20-11)16(22)21-17(10-19)6-2-3-7-17;;/h4-5,8-9H,2-3,6-7,10,19H2,1H3,(H,21,22);2*1H. The third-order valence-electron chi connectivity index (χ3n) is 4.54. The van der Waals surface area contributed by atoms with E-state index in [1.807, 2.05) is 0 Å². The molecule has 1 aromatic heterocycles. The van der Waals surface area contributed by atoms with Gasteiger partial charge in [-0.3, -0.25) is 9.78 Å². The maximum absolute atomic E-state index is 13.3. The second-order valence-corrected chi connectivity index (χ2v) is 6.10. The van der Waals surface area contributed by atoms with Crippen LogP contribution in [0.3, 0.4) is 0 Å². The van der Waals surface area contributed by atoms with Crippen LogP contribution in [-0.4, -0.2) is 23.0 Å². The largest absolute Gasteiger partial charge is 0.345 e. The number of pyridine rings is 1. The molecule has 24 heavy (non-hydrogen) atoms. The summed E-state index contributed by atoms with van der Waals surface area (Å²) in [5, 5.41) is 3.85. The highest BCUT2D eigenvalue weighted by molar-refractivity contribution is 5.99. The van der Waals surface area contributed by atoms with Crippen molar-refractivity contribution in [2.24, 2.45) is 5.73 Å². The fourth-order valence-electron chi connectivity index (χ4n) is 3.21. The van der Waals surface area contributed by atoms with Crippen LogP contribution in [0.2, 0.25) is 0 Å². The van der Waals surface area contributed by atoms with E-state index in [1.54, 1.807) is 19.1 Å². The van der Waals surface area contributed by atoms with Crippen molar-refractivity contribution in [2.75, 3.05) is 6.54 Å². The van der Waals surface area contributed by atoms with Crippen LogP contribution >= 0.6 is 24.8 Å². The molecule has 1 aliphatic carbocycles. The molecule has 0 unspecified atom stereocenters. The summed E-state index contributed by atoms with van der Waals surface area (Å²) in [6, 6.07) is 6.16. The monoisotopic (exact) mass is 373 g/mol. The van der Waals surface area contributed by atoms with E-state index in [2.05, 4.69) is 10.3 Å². The lowest BCUT2D eigenvalue weighted by molar-refractivity contribution is 0.0902. The van der Waals surface area contributed by atoms with Gasteiger partial charge in [0.1, 0.15) is 5.82 Å². The minimum atomic E-state index is -0.329. The van der Waals surface area contributed by atoms with Gasteiger partial charge in [-0.15, -0.1) is 24.8 Å². The van der Waals surface area contributed by atoms with Crippen molar-refractivity contribution >= 4 is 41.6 Å². The Bertz CT molecular complexity index is 733. The van der Waals surface area contributed by atoms with Gasteiger partial charge >= 0.3 is 0 Å². The molecule has 3 N–H and O–H groups in total. The number of benzene rings is 1. The molecule has 0 bridgehead atoms. The summed E-state index contributed by atoms with van der Waals surface area (Å²) in [5.41, 5.74) is 7.26. The second kappa shape index (κ2) is 8.10. The predicted octanol–water partition coefficient (Wildman–Crippen LogP) is 3.53. The van der Waals surface area contributed by atoms with Gasteiger partial charge in [-0.1, -0.05) is 12.8 Å². The molecular formula is C17H22Cl2FN3O. The molecule has 0 saturated heterocycles. The van der Waals surface area contributed by atoms with Crippen LogP contribution in [-0.2, 0) is 0 Å². The minimum Gasteiger partial charge on any atom is -0.345 e. The molecule has 1 saturated carbocycles. The quantitative estimate of drug-likeness (QED) is 0.864. The normalized spacial score (nSPS) is 15.5. The number of aryl methyl sites for hydroxylation is 1. The number of fused-ring (bicyclic) bond motifs is 1. The van der Waals surface area contributed by atoms with Gasteiger partial charge < -0.3 is 11.1 Å². The summed E-state index contributed by atoms with van der Waals surface area (Å²) in [7, 11) is 0. The van der Waals surface area contributed by atoms with Crippen molar-refractivity contribution in [1.29, 1.82) is 0 Å². The summed E-state index contributed by atoms with van der Waals surface area (Å²) >= 11 is 0. The first-order valence-electron chi connectivity index (χ1n) is 7.62. The molecule has 0 spiro atoms. The Morgan fingerprint density at radius 2 is 1.96 bits per heavy atom. The Kier molecular flexibility index (Phi) is 6.96. The lowest BCUT2D eigenvalue weighted by atomic mass is 9.97. The summed E-state index contributed by atoms with van der Waals surface area (Å²) in [6.07, 6.45) is 4.01. The van der Waals surface area contributed by atoms with E-state index in [0.29, 0.717) is 23.3 Å². The first kappa shape index (κ1) is 20.6. The summed E-state index contributed by atoms with van der Waals surface area (Å²) < 4.78 is 13.3. The van der Waals surface area contributed by atoms with Gasteiger partial charge in [0.25, 0.3) is 5.91 Å². The minimum absolute atomic E-state index is 0. The van der Waals surface area contributed by atoms with E-state index in [9.17, 15) is 9.18 Å². The van der Waals surface area contributed by atoms with Gasteiger partial charge in [-0.05, 0) is 38.0 Å². The van der Waals surface area contributed by atoms with Crippen molar-refractivity contribution in [3.63, 3.8) is 0 Å². The molecule has 1 fully saturated rings. The number of carbonyl (C=O) groups excluding carboxylic acids is 1. The van der Waals surface area contributed by atoms with E-state index >= 15 is 0 Å². The van der Waals surface area contributed by atoms with Crippen molar-refractivity contribution in [2.45, 2.75) is 38.1 Å². The van der Waals surface area contributed by atoms with Gasteiger partial charge in [-0.25, -0.2) is 4.39 Å². The number of amides is 1. The zero-order valence-electron chi connectivity index (χ0n) is 13.5. The highest BCUT2D eigenvalue weighted by atomic mass is 35.5. The number of rotatable bonds is 3. The highest BCUT2D eigenvalue weighted by Gasteiger charge is 2.34. The summed E-state index contributed by atoms with van der Waals surface area (Å²) in [4.78, 5) is 17.0. The van der Waals surface area contributed by atoms with Crippen molar-refractivity contribution in [3.8, 4) is 0 Å². The molecule has 0 aliphatic heterocycles. The number of hydrogen-bond donors (Lipinski definition) is 2. The molecule has 2 aromatic rings. The number of aromatic nitrogens is 1. The Hall–Kier alpha value is -1.43. The van der Waals surface area contributed by atoms with Crippen molar-refractivity contribution in [3.05, 3.63) is 41.3 Å². The fraction of sp³-hybridized carbons (Fsp3) is 0.412. The van der Waals surface area contributed by atoms with Crippen LogP contribution in [0.5, 0.6) is 0 Å². The maximum Gasteiger partial charge on any atom is 0.253 e. The number of nitrogens with two attached hydrogens (primary N) is 1. The zero-order valence-corrected chi connectivity index (χ0v) is 15.1. The lowest BCUT2D eigenvalue weighted by Crippen LogP contribution is -2.51. The van der Waals surface area contributed by atoms with Gasteiger partial charge in [0.2, 0.25) is 0 Å². The van der Waals surface area contributed by atoms with E-state index in [4.69, 9.17) is 5.73 Å². The van der Waals surface area contributed by atoms with Gasteiger partial charge in [0, 0.05) is 18.0 Å². The molecule has 1 aliphatic rings. The van der Waals surface area contributed by atoms with Crippen LogP contribution in [0.25, 0.3) is 10.9 Å². The highest BCUT2D eigenvalue weighted by Crippen LogP contribution is 2.29. The summed E-state index contributed by atoms with van der Waals surface area (Å²) in [5.74, 6) is -0.479. The first-order valence-corrected chi connectivity index (χ1v) is 7.62. The average molecular weight is 374 g/mol. The molecule has 132 valence electrons. The van der Waals surface area contributed by atoms with Gasteiger partial charge in [0.15, 0.2) is 0 Å². The summed E-state index contributed by atoms with van der Waals surface area (Å²) in [6.45, 7) is 2.22. The average Bonchev–Trinajstić information content (AvgIpc) is 2.95. The molecule has 0 atom stereocenters. The number of hydrogen-bond acceptors (Lipinski definition) is 3. The third-order valence-corrected chi connectivity index (χ3v) is 4.54. The Labute approximate surface area is 153 Å². The molecule has 3 rings (SSSR count). The Balaban J connectivity index is 0.00000144. The second-order valence-electron chi connectivity index (χ2n) is 6.10. The fourth-order valence-corrected chi connectivity index (χ4v) is 3.21. The molecule has 1 amide bonds. The maximum atomic E-state index is 13.3.